The number of ether oxygens (including phenoxy) is 1. The number of nitrogens with zero attached hydrogens (tertiary/aromatic N) is 3. The third-order valence-corrected chi connectivity index (χ3v) is 3.37. The first kappa shape index (κ1) is 16.7. The highest BCUT2D eigenvalue weighted by Crippen LogP contribution is 2.31. The summed E-state index contributed by atoms with van der Waals surface area (Å²) in [6, 6.07) is 10.0. The highest BCUT2D eigenvalue weighted by Gasteiger charge is 2.30. The molecule has 0 fully saturated rings. The van der Waals surface area contributed by atoms with E-state index >= 15 is 0 Å². The molecule has 0 amide bonds. The zero-order valence-corrected chi connectivity index (χ0v) is 13.1. The van der Waals surface area contributed by atoms with Crippen LogP contribution >= 0.6 is 0 Å². The molecule has 2 aromatic heterocycles. The van der Waals surface area contributed by atoms with E-state index in [1.54, 1.807) is 24.4 Å². The van der Waals surface area contributed by atoms with Crippen LogP contribution in [-0.2, 0) is 6.18 Å². The molecule has 0 aliphatic rings. The Morgan fingerprint density at radius 1 is 1.00 bits per heavy atom. The molecule has 0 aliphatic carbocycles. The molecule has 1 aromatic carbocycles. The van der Waals surface area contributed by atoms with Crippen LogP contribution in [0.3, 0.4) is 0 Å². The maximum absolute atomic E-state index is 12.8. The van der Waals surface area contributed by atoms with Crippen LogP contribution in [0.2, 0.25) is 0 Å². The number of hydrogen-bond donors (Lipinski definition) is 1. The van der Waals surface area contributed by atoms with Crippen molar-refractivity contribution in [2.24, 2.45) is 0 Å². The van der Waals surface area contributed by atoms with Crippen molar-refractivity contribution in [1.82, 2.24) is 15.0 Å². The lowest BCUT2D eigenvalue weighted by molar-refractivity contribution is -0.137. The number of benzene rings is 1. The standard InChI is InChI=1S/C17H13F3N4O/c1-25-16-6-5-11(9-21-16)14-8-15(23-10-22-14)24-13-4-2-3-12(7-13)17(18,19)20/h2-10H,1H3,(H,22,23,24). The average Bonchev–Trinajstić information content (AvgIpc) is 2.61. The smallest absolute Gasteiger partial charge is 0.416 e. The summed E-state index contributed by atoms with van der Waals surface area (Å²) in [6.07, 6.45) is -1.48. The largest absolute Gasteiger partial charge is 0.481 e. The molecule has 128 valence electrons. The van der Waals surface area contributed by atoms with E-state index in [9.17, 15) is 13.2 Å². The summed E-state index contributed by atoms with van der Waals surface area (Å²) >= 11 is 0. The Labute approximate surface area is 141 Å². The SMILES string of the molecule is COc1ccc(-c2cc(Nc3cccc(C(F)(F)F)c3)ncn2)cn1. The predicted molar refractivity (Wildman–Crippen MR) is 86.5 cm³/mol. The van der Waals surface area contributed by atoms with Crippen LogP contribution in [0.4, 0.5) is 24.7 Å². The van der Waals surface area contributed by atoms with Crippen molar-refractivity contribution >= 4 is 11.5 Å². The molecule has 0 radical (unpaired) electrons. The second-order valence-electron chi connectivity index (χ2n) is 5.08. The van der Waals surface area contributed by atoms with Crippen LogP contribution in [0, 0.1) is 0 Å². The van der Waals surface area contributed by atoms with Crippen molar-refractivity contribution in [3.05, 3.63) is 60.6 Å². The van der Waals surface area contributed by atoms with E-state index in [0.717, 1.165) is 17.7 Å². The lowest BCUT2D eigenvalue weighted by Gasteiger charge is -2.10. The van der Waals surface area contributed by atoms with E-state index in [-0.39, 0.29) is 5.69 Å². The normalized spacial score (nSPS) is 11.2. The molecule has 25 heavy (non-hydrogen) atoms. The van der Waals surface area contributed by atoms with Gasteiger partial charge < -0.3 is 10.1 Å². The number of methoxy groups -OCH3 is 1. The maximum Gasteiger partial charge on any atom is 0.416 e. The molecule has 0 saturated heterocycles. The van der Waals surface area contributed by atoms with Gasteiger partial charge in [-0.1, -0.05) is 6.07 Å². The van der Waals surface area contributed by atoms with Gasteiger partial charge in [0.05, 0.1) is 18.4 Å². The van der Waals surface area contributed by atoms with Gasteiger partial charge in [0.15, 0.2) is 0 Å². The molecular formula is C17H13F3N4O. The minimum Gasteiger partial charge on any atom is -0.481 e. The summed E-state index contributed by atoms with van der Waals surface area (Å²) in [4.78, 5) is 12.3. The molecule has 8 heteroatoms. The molecule has 1 N–H and O–H groups in total. The molecule has 2 heterocycles. The summed E-state index contributed by atoms with van der Waals surface area (Å²) in [5.41, 5.74) is 0.869. The zero-order valence-electron chi connectivity index (χ0n) is 13.1. The summed E-state index contributed by atoms with van der Waals surface area (Å²) in [5.74, 6) is 0.847. The molecule has 0 saturated carbocycles. The molecule has 0 unspecified atom stereocenters. The van der Waals surface area contributed by atoms with E-state index in [4.69, 9.17) is 4.74 Å². The highest BCUT2D eigenvalue weighted by molar-refractivity contribution is 5.65. The van der Waals surface area contributed by atoms with Crippen molar-refractivity contribution in [2.45, 2.75) is 6.18 Å². The van der Waals surface area contributed by atoms with E-state index in [2.05, 4.69) is 20.3 Å². The molecule has 5 nitrogen and oxygen atoms in total. The minimum atomic E-state index is -4.40. The van der Waals surface area contributed by atoms with E-state index in [0.29, 0.717) is 17.4 Å². The van der Waals surface area contributed by atoms with Crippen LogP contribution in [0.15, 0.2) is 55.0 Å². The van der Waals surface area contributed by atoms with Crippen LogP contribution in [-0.4, -0.2) is 22.1 Å². The molecular weight excluding hydrogens is 333 g/mol. The van der Waals surface area contributed by atoms with Crippen molar-refractivity contribution in [3.63, 3.8) is 0 Å². The van der Waals surface area contributed by atoms with Gasteiger partial charge in [-0.05, 0) is 24.3 Å². The minimum absolute atomic E-state index is 0.285. The number of hydrogen-bond acceptors (Lipinski definition) is 5. The number of nitrogens with one attached hydrogen (secondary N) is 1. The number of alkyl halides is 3. The summed E-state index contributed by atoms with van der Waals surface area (Å²) in [5, 5.41) is 2.85. The molecule has 0 spiro atoms. The van der Waals surface area contributed by atoms with Gasteiger partial charge in [0, 0.05) is 29.6 Å². The Morgan fingerprint density at radius 2 is 1.84 bits per heavy atom. The van der Waals surface area contributed by atoms with Crippen molar-refractivity contribution in [2.75, 3.05) is 12.4 Å². The quantitative estimate of drug-likeness (QED) is 0.763. The van der Waals surface area contributed by atoms with Crippen molar-refractivity contribution in [3.8, 4) is 17.1 Å². The Kier molecular flexibility index (Phi) is 4.51. The Bertz CT molecular complexity index is 866. The van der Waals surface area contributed by atoms with Crippen LogP contribution in [0.1, 0.15) is 5.56 Å². The number of anilines is 2. The number of aromatic nitrogens is 3. The summed E-state index contributed by atoms with van der Waals surface area (Å²) < 4.78 is 43.3. The first-order chi connectivity index (χ1) is 12.0. The second kappa shape index (κ2) is 6.76. The third-order valence-electron chi connectivity index (χ3n) is 3.37. The molecule has 0 aliphatic heterocycles. The molecule has 3 aromatic rings. The van der Waals surface area contributed by atoms with Crippen LogP contribution < -0.4 is 10.1 Å². The van der Waals surface area contributed by atoms with Crippen molar-refractivity contribution in [1.29, 1.82) is 0 Å². The monoisotopic (exact) mass is 346 g/mol. The van der Waals surface area contributed by atoms with E-state index < -0.39 is 11.7 Å². The van der Waals surface area contributed by atoms with E-state index in [1.165, 1.54) is 25.6 Å². The lowest BCUT2D eigenvalue weighted by atomic mass is 10.2. The molecule has 0 atom stereocenters. The molecule has 0 bridgehead atoms. The van der Waals surface area contributed by atoms with Gasteiger partial charge in [-0.25, -0.2) is 15.0 Å². The summed E-state index contributed by atoms with van der Waals surface area (Å²) in [7, 11) is 1.52. The van der Waals surface area contributed by atoms with Gasteiger partial charge >= 0.3 is 6.18 Å². The first-order valence-electron chi connectivity index (χ1n) is 7.22. The third kappa shape index (κ3) is 4.03. The lowest BCUT2D eigenvalue weighted by Crippen LogP contribution is -2.05. The van der Waals surface area contributed by atoms with Crippen LogP contribution in [0.25, 0.3) is 11.3 Å². The zero-order chi connectivity index (χ0) is 17.9. The van der Waals surface area contributed by atoms with Gasteiger partial charge in [-0.3, -0.25) is 0 Å². The van der Waals surface area contributed by atoms with Gasteiger partial charge in [0.2, 0.25) is 5.88 Å². The Morgan fingerprint density at radius 3 is 2.52 bits per heavy atom. The number of halogens is 3. The predicted octanol–water partition coefficient (Wildman–Crippen LogP) is 4.31. The maximum atomic E-state index is 12.8. The fraction of sp³-hybridized carbons (Fsp3) is 0.118. The Hall–Kier alpha value is -3.16. The van der Waals surface area contributed by atoms with Gasteiger partial charge in [-0.15, -0.1) is 0 Å². The second-order valence-corrected chi connectivity index (χ2v) is 5.08. The van der Waals surface area contributed by atoms with Crippen molar-refractivity contribution < 1.29 is 17.9 Å². The fourth-order valence-corrected chi connectivity index (χ4v) is 2.16. The van der Waals surface area contributed by atoms with Gasteiger partial charge in [-0.2, -0.15) is 13.2 Å². The first-order valence-corrected chi connectivity index (χ1v) is 7.22. The average molecular weight is 346 g/mol. The topological polar surface area (TPSA) is 59.9 Å². The van der Waals surface area contributed by atoms with Crippen LogP contribution in [0.5, 0.6) is 5.88 Å². The summed E-state index contributed by atoms with van der Waals surface area (Å²) in [6.45, 7) is 0. The molecule has 3 rings (SSSR count). The van der Waals surface area contributed by atoms with Gasteiger partial charge in [0.1, 0.15) is 12.1 Å². The number of rotatable bonds is 4. The number of pyridine rings is 1. The van der Waals surface area contributed by atoms with Gasteiger partial charge in [0.25, 0.3) is 0 Å². The highest BCUT2D eigenvalue weighted by atomic mass is 19.4. The Balaban J connectivity index is 1.84. The van der Waals surface area contributed by atoms with E-state index in [1.807, 2.05) is 0 Å². The fourth-order valence-electron chi connectivity index (χ4n) is 2.16.